The van der Waals surface area contributed by atoms with Crippen LogP contribution in [0.1, 0.15) is 10.4 Å². The number of nitrogens with zero attached hydrogens (tertiary/aromatic N) is 1. The molecular formula is C16H17NOS. The predicted octanol–water partition coefficient (Wildman–Crippen LogP) is 3.87. The summed E-state index contributed by atoms with van der Waals surface area (Å²) in [5, 5.41) is 1.27. The van der Waals surface area contributed by atoms with Crippen LogP contribution < -0.4 is 0 Å². The van der Waals surface area contributed by atoms with E-state index in [2.05, 4.69) is 19.1 Å². The summed E-state index contributed by atoms with van der Waals surface area (Å²) in [5.74, 6) is 0.00514. The number of rotatable bonds is 4. The van der Waals surface area contributed by atoms with E-state index in [1.165, 1.54) is 15.6 Å². The van der Waals surface area contributed by atoms with Crippen molar-refractivity contribution in [3.05, 3.63) is 53.1 Å². The molecule has 0 aliphatic rings. The van der Waals surface area contributed by atoms with Gasteiger partial charge in [-0.05, 0) is 36.1 Å². The first-order valence-corrected chi connectivity index (χ1v) is 6.94. The Kier molecular flexibility index (Phi) is 4.17. The number of carbonyl (C=O) groups excluding carboxylic acids is 1. The molecule has 2 nitrogen and oxygen atoms in total. The molecule has 0 saturated heterocycles. The molecule has 98 valence electrons. The molecule has 2 aromatic rings. The number of thiophene rings is 1. The van der Waals surface area contributed by atoms with E-state index in [-0.39, 0.29) is 5.78 Å². The van der Waals surface area contributed by atoms with Gasteiger partial charge in [-0.15, -0.1) is 11.3 Å². The Bertz CT molecular complexity index is 650. The molecule has 3 heteroatoms. The first kappa shape index (κ1) is 13.6. The van der Waals surface area contributed by atoms with Gasteiger partial charge >= 0.3 is 0 Å². The summed E-state index contributed by atoms with van der Waals surface area (Å²) in [6, 6.07) is 8.31. The second-order valence-corrected chi connectivity index (χ2v) is 5.69. The highest BCUT2D eigenvalue weighted by Gasteiger charge is 2.04. The van der Waals surface area contributed by atoms with Crippen LogP contribution in [-0.4, -0.2) is 24.8 Å². The van der Waals surface area contributed by atoms with E-state index in [1.54, 1.807) is 29.7 Å². The molecule has 19 heavy (non-hydrogen) atoms. The molecule has 0 aliphatic carbocycles. The summed E-state index contributed by atoms with van der Waals surface area (Å²) in [6.07, 6.45) is 6.85. The van der Waals surface area contributed by atoms with Crippen molar-refractivity contribution in [2.45, 2.75) is 6.92 Å². The van der Waals surface area contributed by atoms with Crippen LogP contribution in [0.15, 0.2) is 42.6 Å². The number of allylic oxidation sites excluding steroid dienone is 2. The number of carbonyl (C=O) groups is 1. The summed E-state index contributed by atoms with van der Waals surface area (Å²) in [6.45, 7) is 2.10. The lowest BCUT2D eigenvalue weighted by atomic mass is 10.1. The van der Waals surface area contributed by atoms with Crippen molar-refractivity contribution in [3.63, 3.8) is 0 Å². The smallest absolute Gasteiger partial charge is 0.180 e. The third kappa shape index (κ3) is 3.32. The highest BCUT2D eigenvalue weighted by atomic mass is 32.1. The van der Waals surface area contributed by atoms with Crippen LogP contribution in [0, 0.1) is 6.92 Å². The minimum absolute atomic E-state index is 0.00514. The Morgan fingerprint density at radius 1 is 1.21 bits per heavy atom. The Balaban J connectivity index is 2.22. The quantitative estimate of drug-likeness (QED) is 0.787. The third-order valence-corrected chi connectivity index (χ3v) is 4.05. The zero-order valence-electron chi connectivity index (χ0n) is 11.4. The van der Waals surface area contributed by atoms with Crippen LogP contribution in [0.5, 0.6) is 0 Å². The van der Waals surface area contributed by atoms with Gasteiger partial charge in [-0.2, -0.15) is 0 Å². The number of aryl methyl sites for hydroxylation is 1. The Morgan fingerprint density at radius 3 is 2.63 bits per heavy atom. The molecule has 0 spiro atoms. The van der Waals surface area contributed by atoms with Crippen LogP contribution in [0.2, 0.25) is 0 Å². The van der Waals surface area contributed by atoms with Crippen molar-refractivity contribution >= 4 is 33.3 Å². The largest absolute Gasteiger partial charge is 0.383 e. The lowest BCUT2D eigenvalue weighted by Gasteiger charge is -2.01. The fraction of sp³-hybridized carbons (Fsp3) is 0.188. The standard InChI is InChI=1S/C16H17NOS/c1-12-14-6-4-5-7-16(14)19-15(12)9-8-13(18)10-11-17(2)3/h4-11H,1-3H3. The Morgan fingerprint density at radius 2 is 1.95 bits per heavy atom. The SMILES string of the molecule is Cc1c(C=CC(=O)C=CN(C)C)sc2ccccc12. The molecule has 1 aromatic heterocycles. The second-order valence-electron chi connectivity index (χ2n) is 4.60. The molecule has 0 amide bonds. The van der Waals surface area contributed by atoms with Crippen molar-refractivity contribution in [1.82, 2.24) is 4.90 Å². The van der Waals surface area contributed by atoms with Crippen molar-refractivity contribution in [3.8, 4) is 0 Å². The van der Waals surface area contributed by atoms with Crippen LogP contribution in [0.25, 0.3) is 16.2 Å². The van der Waals surface area contributed by atoms with Gasteiger partial charge in [-0.25, -0.2) is 0 Å². The molecule has 1 heterocycles. The Hall–Kier alpha value is -1.87. The first-order valence-electron chi connectivity index (χ1n) is 6.13. The summed E-state index contributed by atoms with van der Waals surface area (Å²) in [4.78, 5) is 14.6. The van der Waals surface area contributed by atoms with E-state index in [1.807, 2.05) is 37.2 Å². The topological polar surface area (TPSA) is 20.3 Å². The number of fused-ring (bicyclic) bond motifs is 1. The second kappa shape index (κ2) is 5.85. The van der Waals surface area contributed by atoms with Gasteiger partial charge in [-0.3, -0.25) is 4.79 Å². The normalized spacial score (nSPS) is 11.7. The predicted molar refractivity (Wildman–Crippen MR) is 83.4 cm³/mol. The molecule has 0 unspecified atom stereocenters. The van der Waals surface area contributed by atoms with Crippen LogP contribution in [0.4, 0.5) is 0 Å². The van der Waals surface area contributed by atoms with Gasteiger partial charge in [0.15, 0.2) is 5.78 Å². The summed E-state index contributed by atoms with van der Waals surface area (Å²) < 4.78 is 1.26. The molecule has 0 bridgehead atoms. The molecule has 0 saturated carbocycles. The molecule has 0 atom stereocenters. The number of ketones is 1. The molecular weight excluding hydrogens is 254 g/mol. The van der Waals surface area contributed by atoms with E-state index in [9.17, 15) is 4.79 Å². The van der Waals surface area contributed by atoms with Gasteiger partial charge in [0.25, 0.3) is 0 Å². The van der Waals surface area contributed by atoms with E-state index in [0.717, 1.165) is 4.88 Å². The van der Waals surface area contributed by atoms with Crippen LogP contribution >= 0.6 is 11.3 Å². The first-order chi connectivity index (χ1) is 9.08. The third-order valence-electron chi connectivity index (χ3n) is 2.82. The van der Waals surface area contributed by atoms with Crippen molar-refractivity contribution < 1.29 is 4.79 Å². The van der Waals surface area contributed by atoms with Crippen LogP contribution in [0.3, 0.4) is 0 Å². The fourth-order valence-corrected chi connectivity index (χ4v) is 2.90. The molecule has 0 radical (unpaired) electrons. The van der Waals surface area contributed by atoms with Crippen molar-refractivity contribution in [2.75, 3.05) is 14.1 Å². The van der Waals surface area contributed by atoms with Gasteiger partial charge in [-0.1, -0.05) is 18.2 Å². The average molecular weight is 271 g/mol. The van der Waals surface area contributed by atoms with Gasteiger partial charge in [0.05, 0.1) is 0 Å². The lowest BCUT2D eigenvalue weighted by molar-refractivity contribution is -0.110. The minimum atomic E-state index is 0.00514. The maximum absolute atomic E-state index is 11.7. The number of benzene rings is 1. The molecule has 0 fully saturated rings. The highest BCUT2D eigenvalue weighted by molar-refractivity contribution is 7.20. The zero-order valence-corrected chi connectivity index (χ0v) is 12.2. The molecule has 1 aromatic carbocycles. The maximum Gasteiger partial charge on any atom is 0.180 e. The molecule has 2 rings (SSSR count). The van der Waals surface area contributed by atoms with E-state index in [0.29, 0.717) is 0 Å². The summed E-state index contributed by atoms with van der Waals surface area (Å²) in [7, 11) is 3.78. The van der Waals surface area contributed by atoms with Crippen molar-refractivity contribution in [2.24, 2.45) is 0 Å². The monoisotopic (exact) mass is 271 g/mol. The lowest BCUT2D eigenvalue weighted by Crippen LogP contribution is -2.01. The number of hydrogen-bond donors (Lipinski definition) is 0. The van der Waals surface area contributed by atoms with E-state index in [4.69, 9.17) is 0 Å². The van der Waals surface area contributed by atoms with Gasteiger partial charge < -0.3 is 4.90 Å². The molecule has 0 aliphatic heterocycles. The van der Waals surface area contributed by atoms with E-state index >= 15 is 0 Å². The van der Waals surface area contributed by atoms with E-state index < -0.39 is 0 Å². The zero-order chi connectivity index (χ0) is 13.8. The Labute approximate surface area is 117 Å². The van der Waals surface area contributed by atoms with Gasteiger partial charge in [0, 0.05) is 35.9 Å². The minimum Gasteiger partial charge on any atom is -0.383 e. The number of hydrogen-bond acceptors (Lipinski definition) is 3. The van der Waals surface area contributed by atoms with Gasteiger partial charge in [0.1, 0.15) is 0 Å². The average Bonchev–Trinajstić information content (AvgIpc) is 2.71. The van der Waals surface area contributed by atoms with Crippen molar-refractivity contribution in [1.29, 1.82) is 0 Å². The fourth-order valence-electron chi connectivity index (χ4n) is 1.79. The highest BCUT2D eigenvalue weighted by Crippen LogP contribution is 2.31. The summed E-state index contributed by atoms with van der Waals surface area (Å²) in [5.41, 5.74) is 1.24. The van der Waals surface area contributed by atoms with Crippen LogP contribution in [-0.2, 0) is 4.79 Å². The van der Waals surface area contributed by atoms with Gasteiger partial charge in [0.2, 0.25) is 0 Å². The maximum atomic E-state index is 11.7. The summed E-state index contributed by atoms with van der Waals surface area (Å²) >= 11 is 1.72. The molecule has 0 N–H and O–H groups in total.